The first kappa shape index (κ1) is 33.9. The zero-order valence-corrected chi connectivity index (χ0v) is 30.1. The largest absolute Gasteiger partial charge is 0.422 e. The van der Waals surface area contributed by atoms with E-state index in [0.29, 0.717) is 45.6 Å². The topological polar surface area (TPSA) is 52.6 Å². The Balaban J connectivity index is 1.14. The average molecular weight is 687 g/mol. The van der Waals surface area contributed by atoms with E-state index in [4.69, 9.17) is 9.47 Å². The van der Waals surface area contributed by atoms with Crippen molar-refractivity contribution in [2.24, 2.45) is 11.8 Å². The second-order valence-corrected chi connectivity index (χ2v) is 15.3. The van der Waals surface area contributed by atoms with Crippen molar-refractivity contribution in [1.82, 2.24) is 0 Å². The maximum absolute atomic E-state index is 13.8. The molecule has 4 nitrogen and oxygen atoms in total. The summed E-state index contributed by atoms with van der Waals surface area (Å²) in [6.07, 6.45) is 9.74. The molecule has 0 amide bonds. The highest BCUT2D eigenvalue weighted by atomic mass is 16.5. The van der Waals surface area contributed by atoms with Crippen molar-refractivity contribution in [3.63, 3.8) is 0 Å². The standard InChI is InChI=1S/C48H46O4/c1-31-11-15-33(16-12-31)35-19-23-39(24-20-35)47(49)51-43-29-27-37-7-3-5-9-41(37)45(43)46-42-10-6-4-8-38(42)28-30-44(46)52-48(50)40-25-21-36(22-26-40)34-17-13-32(2)14-18-34/h3-10,19-34H,11-18H2,1-2H3. The van der Waals surface area contributed by atoms with Crippen molar-refractivity contribution >= 4 is 33.5 Å². The van der Waals surface area contributed by atoms with Gasteiger partial charge in [0, 0.05) is 11.1 Å². The molecule has 2 fully saturated rings. The number of ether oxygens (including phenoxy) is 2. The highest BCUT2D eigenvalue weighted by molar-refractivity contribution is 6.11. The van der Waals surface area contributed by atoms with Crippen LogP contribution in [-0.2, 0) is 0 Å². The van der Waals surface area contributed by atoms with Crippen molar-refractivity contribution in [2.75, 3.05) is 0 Å². The lowest BCUT2D eigenvalue weighted by molar-refractivity contribution is 0.0723. The number of fused-ring (bicyclic) bond motifs is 2. The maximum atomic E-state index is 13.8. The van der Waals surface area contributed by atoms with Crippen LogP contribution >= 0.6 is 0 Å². The lowest BCUT2D eigenvalue weighted by atomic mass is 9.79. The Morgan fingerprint density at radius 2 is 0.808 bits per heavy atom. The number of rotatable bonds is 7. The van der Waals surface area contributed by atoms with E-state index in [1.54, 1.807) is 0 Å². The van der Waals surface area contributed by atoms with Crippen LogP contribution in [-0.4, -0.2) is 11.9 Å². The van der Waals surface area contributed by atoms with Gasteiger partial charge >= 0.3 is 11.9 Å². The summed E-state index contributed by atoms with van der Waals surface area (Å²) in [7, 11) is 0. The van der Waals surface area contributed by atoms with Gasteiger partial charge in [0.05, 0.1) is 11.1 Å². The molecule has 0 spiro atoms. The molecule has 0 atom stereocenters. The Hall–Kier alpha value is -5.22. The van der Waals surface area contributed by atoms with Crippen molar-refractivity contribution in [1.29, 1.82) is 0 Å². The minimum atomic E-state index is -0.424. The Kier molecular flexibility index (Phi) is 9.64. The van der Waals surface area contributed by atoms with Gasteiger partial charge in [0.25, 0.3) is 0 Å². The van der Waals surface area contributed by atoms with Crippen LogP contribution in [0, 0.1) is 11.8 Å². The van der Waals surface area contributed by atoms with E-state index < -0.39 is 11.9 Å². The van der Waals surface area contributed by atoms with Gasteiger partial charge in [0.1, 0.15) is 11.5 Å². The van der Waals surface area contributed by atoms with Gasteiger partial charge in [-0.15, -0.1) is 0 Å². The molecule has 0 bridgehead atoms. The van der Waals surface area contributed by atoms with Crippen molar-refractivity contribution in [3.05, 3.63) is 144 Å². The second-order valence-electron chi connectivity index (χ2n) is 15.3. The molecule has 0 saturated heterocycles. The predicted octanol–water partition coefficient (Wildman–Crippen LogP) is 12.7. The predicted molar refractivity (Wildman–Crippen MR) is 210 cm³/mol. The molecule has 0 heterocycles. The highest BCUT2D eigenvalue weighted by Gasteiger charge is 2.25. The summed E-state index contributed by atoms with van der Waals surface area (Å²) in [5.74, 6) is 2.63. The van der Waals surface area contributed by atoms with E-state index >= 15 is 0 Å². The molecular weight excluding hydrogens is 641 g/mol. The fraction of sp³-hybridized carbons (Fsp3) is 0.292. The van der Waals surface area contributed by atoms with Crippen LogP contribution in [0.1, 0.15) is 109 Å². The summed E-state index contributed by atoms with van der Waals surface area (Å²) < 4.78 is 12.6. The fourth-order valence-electron chi connectivity index (χ4n) is 8.48. The lowest BCUT2D eigenvalue weighted by Gasteiger charge is -2.26. The zero-order chi connectivity index (χ0) is 35.6. The molecule has 52 heavy (non-hydrogen) atoms. The monoisotopic (exact) mass is 686 g/mol. The molecule has 0 aromatic heterocycles. The Labute approximate surface area is 306 Å². The van der Waals surface area contributed by atoms with Crippen molar-refractivity contribution in [2.45, 2.75) is 77.0 Å². The third-order valence-electron chi connectivity index (χ3n) is 11.7. The van der Waals surface area contributed by atoms with E-state index in [1.165, 1.54) is 62.5 Å². The molecule has 2 aliphatic carbocycles. The third kappa shape index (κ3) is 6.99. The van der Waals surface area contributed by atoms with Gasteiger partial charge in [-0.05, 0) is 118 Å². The Morgan fingerprint density at radius 3 is 1.19 bits per heavy atom. The number of hydrogen-bond donors (Lipinski definition) is 0. The smallest absolute Gasteiger partial charge is 0.343 e. The number of carbonyl (C=O) groups is 2. The first-order valence-electron chi connectivity index (χ1n) is 19.1. The number of hydrogen-bond acceptors (Lipinski definition) is 4. The molecule has 0 radical (unpaired) electrons. The summed E-state index contributed by atoms with van der Waals surface area (Å²) in [5, 5.41) is 3.77. The summed E-state index contributed by atoms with van der Waals surface area (Å²) in [4.78, 5) is 27.7. The molecule has 4 heteroatoms. The third-order valence-corrected chi connectivity index (χ3v) is 11.7. The van der Waals surface area contributed by atoms with Crippen molar-refractivity contribution in [3.8, 4) is 22.6 Å². The first-order chi connectivity index (χ1) is 25.4. The van der Waals surface area contributed by atoms with Gasteiger partial charge in [-0.1, -0.05) is 124 Å². The SMILES string of the molecule is CC1CCC(c2ccc(C(=O)Oc3ccc4ccccc4c3-c3c(OC(=O)c4ccc(C5CCC(C)CC5)cc4)ccc4ccccc34)cc2)CC1. The molecule has 2 saturated carbocycles. The van der Waals surface area contributed by atoms with Crippen LogP contribution in [0.5, 0.6) is 11.5 Å². The van der Waals surface area contributed by atoms with E-state index in [0.717, 1.165) is 33.4 Å². The van der Waals surface area contributed by atoms with E-state index in [-0.39, 0.29) is 0 Å². The molecule has 6 aromatic carbocycles. The zero-order valence-electron chi connectivity index (χ0n) is 30.1. The van der Waals surface area contributed by atoms with Crippen LogP contribution < -0.4 is 9.47 Å². The summed E-state index contributed by atoms with van der Waals surface area (Å²) in [6, 6.07) is 39.6. The quantitative estimate of drug-likeness (QED) is 0.124. The number of benzene rings is 6. The van der Waals surface area contributed by atoms with Crippen molar-refractivity contribution < 1.29 is 19.1 Å². The second kappa shape index (κ2) is 14.8. The van der Waals surface area contributed by atoms with Gasteiger partial charge in [0.2, 0.25) is 0 Å². The minimum absolute atomic E-state index is 0.411. The molecule has 2 aliphatic rings. The first-order valence-corrected chi connectivity index (χ1v) is 19.1. The number of carbonyl (C=O) groups excluding carboxylic acids is 2. The molecule has 6 aromatic rings. The molecule has 0 unspecified atom stereocenters. The molecule has 0 N–H and O–H groups in total. The van der Waals surface area contributed by atoms with E-state index in [1.807, 2.05) is 97.1 Å². The van der Waals surface area contributed by atoms with Gasteiger partial charge in [-0.2, -0.15) is 0 Å². The van der Waals surface area contributed by atoms with Crippen LogP contribution in [0.25, 0.3) is 32.7 Å². The highest BCUT2D eigenvalue weighted by Crippen LogP contribution is 2.46. The maximum Gasteiger partial charge on any atom is 0.343 e. The number of esters is 2. The normalized spacial score (nSPS) is 20.4. The molecule has 8 rings (SSSR count). The fourth-order valence-corrected chi connectivity index (χ4v) is 8.48. The van der Waals surface area contributed by atoms with Gasteiger partial charge < -0.3 is 9.47 Å². The van der Waals surface area contributed by atoms with Gasteiger partial charge in [0.15, 0.2) is 0 Å². The molecular formula is C48H46O4. The van der Waals surface area contributed by atoms with E-state index in [9.17, 15) is 9.59 Å². The van der Waals surface area contributed by atoms with E-state index in [2.05, 4.69) is 38.1 Å². The summed E-state index contributed by atoms with van der Waals surface area (Å²) in [5.41, 5.74) is 5.00. The van der Waals surface area contributed by atoms with Gasteiger partial charge in [-0.3, -0.25) is 0 Å². The molecule has 262 valence electrons. The summed E-state index contributed by atoms with van der Waals surface area (Å²) >= 11 is 0. The van der Waals surface area contributed by atoms with Crippen LogP contribution in [0.2, 0.25) is 0 Å². The van der Waals surface area contributed by atoms with Gasteiger partial charge in [-0.25, -0.2) is 9.59 Å². The molecule has 0 aliphatic heterocycles. The lowest BCUT2D eigenvalue weighted by Crippen LogP contribution is -2.13. The minimum Gasteiger partial charge on any atom is -0.422 e. The van der Waals surface area contributed by atoms with Crippen LogP contribution in [0.4, 0.5) is 0 Å². The average Bonchev–Trinajstić information content (AvgIpc) is 3.19. The Bertz CT molecular complexity index is 2060. The Morgan fingerprint density at radius 1 is 0.442 bits per heavy atom. The van der Waals surface area contributed by atoms with Crippen LogP contribution in [0.15, 0.2) is 121 Å². The summed E-state index contributed by atoms with van der Waals surface area (Å²) in [6.45, 7) is 4.66. The van der Waals surface area contributed by atoms with Crippen LogP contribution in [0.3, 0.4) is 0 Å².